The minimum absolute atomic E-state index is 1.06. The molecule has 0 atom stereocenters. The Bertz CT molecular complexity index is 730. The monoisotopic (exact) mass is 324 g/mol. The summed E-state index contributed by atoms with van der Waals surface area (Å²) in [5.74, 6) is 0. The average Bonchev–Trinajstić information content (AvgIpc) is 3.05. The Hall–Kier alpha value is -1.98. The molecule has 118 valence electrons. The molecule has 3 heterocycles. The van der Waals surface area contributed by atoms with Crippen molar-refractivity contribution in [3.05, 3.63) is 54.4 Å². The molecule has 1 aliphatic heterocycles. The maximum atomic E-state index is 4.77. The molecular weight excluding hydrogens is 304 g/mol. The number of para-hydroxylation sites is 1. The number of benzene rings is 1. The molecule has 4 rings (SSSR count). The number of pyridine rings is 1. The Morgan fingerprint density at radius 1 is 1.00 bits per heavy atom. The summed E-state index contributed by atoms with van der Waals surface area (Å²) in [7, 11) is 0. The number of thiazole rings is 1. The van der Waals surface area contributed by atoms with Crippen LogP contribution in [0.4, 0.5) is 5.13 Å². The number of rotatable bonds is 4. The predicted molar refractivity (Wildman–Crippen MR) is 96.2 cm³/mol. The third-order valence-electron chi connectivity index (χ3n) is 4.36. The number of nitrogens with zero attached hydrogens (tertiary/aromatic N) is 4. The first-order chi connectivity index (χ1) is 11.4. The third-order valence-corrected chi connectivity index (χ3v) is 5.46. The molecule has 0 saturated carbocycles. The topological polar surface area (TPSA) is 32.3 Å². The van der Waals surface area contributed by atoms with E-state index in [-0.39, 0.29) is 0 Å². The van der Waals surface area contributed by atoms with Crippen molar-refractivity contribution in [2.24, 2.45) is 0 Å². The molecule has 0 unspecified atom stereocenters. The normalized spacial score (nSPS) is 16.1. The van der Waals surface area contributed by atoms with Crippen molar-refractivity contribution in [3.63, 3.8) is 0 Å². The smallest absolute Gasteiger partial charge is 0.186 e. The van der Waals surface area contributed by atoms with Gasteiger partial charge in [0.2, 0.25) is 0 Å². The maximum Gasteiger partial charge on any atom is 0.186 e. The molecule has 1 aliphatic rings. The molecule has 1 fully saturated rings. The number of hydrogen-bond donors (Lipinski definition) is 0. The molecule has 0 bridgehead atoms. The van der Waals surface area contributed by atoms with Gasteiger partial charge in [-0.1, -0.05) is 29.5 Å². The standard InChI is InChI=1S/C18H20N4S/c1-2-6-17-16(5-1)20-18(23-17)22-12-10-21(11-13-22)9-7-15-4-3-8-19-14-15/h1-6,8,14H,7,9-13H2. The highest BCUT2D eigenvalue weighted by Gasteiger charge is 2.19. The van der Waals surface area contributed by atoms with Gasteiger partial charge in [-0.2, -0.15) is 0 Å². The van der Waals surface area contributed by atoms with Crippen LogP contribution in [0.2, 0.25) is 0 Å². The first-order valence-corrected chi connectivity index (χ1v) is 8.92. The Labute approximate surface area is 140 Å². The van der Waals surface area contributed by atoms with E-state index in [1.165, 1.54) is 10.3 Å². The van der Waals surface area contributed by atoms with Crippen LogP contribution in [0.1, 0.15) is 5.56 Å². The highest BCUT2D eigenvalue weighted by Crippen LogP contribution is 2.29. The van der Waals surface area contributed by atoms with Crippen LogP contribution in [0.15, 0.2) is 48.8 Å². The molecule has 1 saturated heterocycles. The minimum atomic E-state index is 1.06. The highest BCUT2D eigenvalue weighted by atomic mass is 32.1. The molecule has 0 radical (unpaired) electrons. The fourth-order valence-electron chi connectivity index (χ4n) is 2.99. The van der Waals surface area contributed by atoms with Gasteiger partial charge in [-0.15, -0.1) is 0 Å². The second kappa shape index (κ2) is 6.64. The number of hydrogen-bond acceptors (Lipinski definition) is 5. The molecule has 0 spiro atoms. The van der Waals surface area contributed by atoms with Gasteiger partial charge in [0.15, 0.2) is 5.13 Å². The van der Waals surface area contributed by atoms with Gasteiger partial charge >= 0.3 is 0 Å². The van der Waals surface area contributed by atoms with Gasteiger partial charge in [-0.25, -0.2) is 4.98 Å². The first-order valence-electron chi connectivity index (χ1n) is 8.10. The second-order valence-corrected chi connectivity index (χ2v) is 6.91. The summed E-state index contributed by atoms with van der Waals surface area (Å²) >= 11 is 1.80. The molecule has 0 N–H and O–H groups in total. The van der Waals surface area contributed by atoms with Crippen LogP contribution in [0.5, 0.6) is 0 Å². The lowest BCUT2D eigenvalue weighted by atomic mass is 10.2. The molecule has 23 heavy (non-hydrogen) atoms. The summed E-state index contributed by atoms with van der Waals surface area (Å²) in [6.07, 6.45) is 4.88. The van der Waals surface area contributed by atoms with E-state index in [2.05, 4.69) is 45.1 Å². The van der Waals surface area contributed by atoms with Gasteiger partial charge in [-0.05, 0) is 30.2 Å². The zero-order valence-corrected chi connectivity index (χ0v) is 13.9. The Morgan fingerprint density at radius 2 is 1.87 bits per heavy atom. The first kappa shape index (κ1) is 14.6. The zero-order valence-electron chi connectivity index (χ0n) is 13.1. The van der Waals surface area contributed by atoms with E-state index in [1.54, 1.807) is 11.3 Å². The molecule has 4 nitrogen and oxygen atoms in total. The SMILES string of the molecule is c1cncc(CCN2CCN(c3nc4ccccc4s3)CC2)c1. The summed E-state index contributed by atoms with van der Waals surface area (Å²) in [6, 6.07) is 12.6. The molecule has 0 amide bonds. The molecule has 2 aromatic heterocycles. The molecule has 1 aromatic carbocycles. The van der Waals surface area contributed by atoms with E-state index in [4.69, 9.17) is 4.98 Å². The van der Waals surface area contributed by atoms with Crippen LogP contribution in [0.25, 0.3) is 10.2 Å². The van der Waals surface area contributed by atoms with Crippen LogP contribution in [0, 0.1) is 0 Å². The van der Waals surface area contributed by atoms with Crippen LogP contribution in [-0.2, 0) is 6.42 Å². The number of fused-ring (bicyclic) bond motifs is 1. The van der Waals surface area contributed by atoms with Gasteiger partial charge in [0, 0.05) is 45.1 Å². The van der Waals surface area contributed by atoms with Crippen LogP contribution >= 0.6 is 11.3 Å². The molecule has 5 heteroatoms. The minimum Gasteiger partial charge on any atom is -0.345 e. The number of anilines is 1. The molecule has 3 aromatic rings. The quantitative estimate of drug-likeness (QED) is 0.738. The lowest BCUT2D eigenvalue weighted by molar-refractivity contribution is 0.261. The maximum absolute atomic E-state index is 4.77. The largest absolute Gasteiger partial charge is 0.345 e. The van der Waals surface area contributed by atoms with Gasteiger partial charge in [0.05, 0.1) is 10.2 Å². The second-order valence-electron chi connectivity index (χ2n) is 5.90. The third kappa shape index (κ3) is 3.35. The van der Waals surface area contributed by atoms with E-state index >= 15 is 0 Å². The summed E-state index contributed by atoms with van der Waals surface area (Å²) in [5.41, 5.74) is 2.44. The Kier molecular flexibility index (Phi) is 4.22. The number of aromatic nitrogens is 2. The highest BCUT2D eigenvalue weighted by molar-refractivity contribution is 7.22. The van der Waals surface area contributed by atoms with E-state index in [0.29, 0.717) is 0 Å². The van der Waals surface area contributed by atoms with Crippen molar-refractivity contribution in [2.45, 2.75) is 6.42 Å². The fraction of sp³-hybridized carbons (Fsp3) is 0.333. The summed E-state index contributed by atoms with van der Waals surface area (Å²) in [5, 5.41) is 1.16. The summed E-state index contributed by atoms with van der Waals surface area (Å²) in [4.78, 5) is 13.9. The predicted octanol–water partition coefficient (Wildman–Crippen LogP) is 3.06. The Morgan fingerprint density at radius 3 is 2.65 bits per heavy atom. The van der Waals surface area contributed by atoms with Crippen LogP contribution in [-0.4, -0.2) is 47.6 Å². The van der Waals surface area contributed by atoms with Gasteiger partial charge < -0.3 is 4.90 Å². The van der Waals surface area contributed by atoms with E-state index in [0.717, 1.165) is 49.8 Å². The fourth-order valence-corrected chi connectivity index (χ4v) is 4.01. The van der Waals surface area contributed by atoms with Crippen LogP contribution < -0.4 is 4.90 Å². The molecular formula is C18H20N4S. The van der Waals surface area contributed by atoms with Gasteiger partial charge in [-0.3, -0.25) is 9.88 Å². The summed E-state index contributed by atoms with van der Waals surface area (Å²) in [6.45, 7) is 5.45. The van der Waals surface area contributed by atoms with Crippen molar-refractivity contribution in [2.75, 3.05) is 37.6 Å². The number of piperazine rings is 1. The van der Waals surface area contributed by atoms with Crippen molar-refractivity contribution < 1.29 is 0 Å². The van der Waals surface area contributed by atoms with Crippen LogP contribution in [0.3, 0.4) is 0 Å². The lowest BCUT2D eigenvalue weighted by Crippen LogP contribution is -2.46. The lowest BCUT2D eigenvalue weighted by Gasteiger charge is -2.34. The van der Waals surface area contributed by atoms with E-state index in [1.807, 2.05) is 18.5 Å². The van der Waals surface area contributed by atoms with E-state index < -0.39 is 0 Å². The van der Waals surface area contributed by atoms with Crippen molar-refractivity contribution in [1.29, 1.82) is 0 Å². The van der Waals surface area contributed by atoms with Crippen molar-refractivity contribution >= 4 is 26.7 Å². The average molecular weight is 324 g/mol. The van der Waals surface area contributed by atoms with Crippen molar-refractivity contribution in [3.8, 4) is 0 Å². The van der Waals surface area contributed by atoms with Gasteiger partial charge in [0.1, 0.15) is 0 Å². The Balaban J connectivity index is 1.33. The van der Waals surface area contributed by atoms with Crippen molar-refractivity contribution in [1.82, 2.24) is 14.9 Å². The van der Waals surface area contributed by atoms with E-state index in [9.17, 15) is 0 Å². The van der Waals surface area contributed by atoms with Gasteiger partial charge in [0.25, 0.3) is 0 Å². The summed E-state index contributed by atoms with van der Waals surface area (Å²) < 4.78 is 1.28. The zero-order chi connectivity index (χ0) is 15.5. The molecule has 0 aliphatic carbocycles.